The van der Waals surface area contributed by atoms with Gasteiger partial charge in [-0.3, -0.25) is 9.59 Å². The molecule has 1 aromatic rings. The second kappa shape index (κ2) is 8.66. The lowest BCUT2D eigenvalue weighted by Crippen LogP contribution is -3.13. The number of halogens is 1. The normalized spacial score (nSPS) is 16.9. The van der Waals surface area contributed by atoms with Gasteiger partial charge in [0, 0.05) is 4.47 Å². The van der Waals surface area contributed by atoms with Crippen molar-refractivity contribution in [2.24, 2.45) is 0 Å². The van der Waals surface area contributed by atoms with Crippen molar-refractivity contribution < 1.29 is 14.5 Å². The van der Waals surface area contributed by atoms with E-state index in [1.807, 2.05) is 24.3 Å². The predicted molar refractivity (Wildman–Crippen MR) is 98.1 cm³/mol. The van der Waals surface area contributed by atoms with Crippen molar-refractivity contribution in [3.63, 3.8) is 0 Å². The molecular weight excluding hydrogens is 376 g/mol. The number of carbonyl (C=O) groups excluding carboxylic acids is 2. The molecule has 0 saturated carbocycles. The van der Waals surface area contributed by atoms with E-state index >= 15 is 0 Å². The van der Waals surface area contributed by atoms with Crippen LogP contribution in [-0.4, -0.2) is 35.8 Å². The van der Waals surface area contributed by atoms with Gasteiger partial charge in [0.15, 0.2) is 6.67 Å². The third kappa shape index (κ3) is 4.93. The molecule has 23 heavy (non-hydrogen) atoms. The molecule has 1 aliphatic rings. The first-order valence-electron chi connectivity index (χ1n) is 7.89. The van der Waals surface area contributed by atoms with Crippen molar-refractivity contribution in [1.29, 1.82) is 0 Å². The summed E-state index contributed by atoms with van der Waals surface area (Å²) in [6.45, 7) is 6.65. The van der Waals surface area contributed by atoms with Crippen LogP contribution in [-0.2, 0) is 4.79 Å². The summed E-state index contributed by atoms with van der Waals surface area (Å²) in [5.41, 5.74) is 0.913. The molecule has 1 N–H and O–H groups in total. The van der Waals surface area contributed by atoms with Crippen molar-refractivity contribution in [2.45, 2.75) is 26.7 Å². The first-order chi connectivity index (χ1) is 11.0. The standard InChI is InChI=1S/C17H21BrN2O2S/c1-3-8-19(9-4-2)12-20-16(21)15(23-17(20)22)11-13-6-5-7-14(18)10-13/h5-7,10-11H,3-4,8-9,12H2,1-2H3/p+1/b15-11+. The number of rotatable bonds is 7. The van der Waals surface area contributed by atoms with E-state index in [-0.39, 0.29) is 11.1 Å². The van der Waals surface area contributed by atoms with Gasteiger partial charge < -0.3 is 4.90 Å². The van der Waals surface area contributed by atoms with Crippen LogP contribution in [0.4, 0.5) is 4.79 Å². The van der Waals surface area contributed by atoms with Gasteiger partial charge in [0.25, 0.3) is 11.1 Å². The second-order valence-corrected chi connectivity index (χ2v) is 7.48. The van der Waals surface area contributed by atoms with Crippen LogP contribution in [0.2, 0.25) is 0 Å². The number of thioether (sulfide) groups is 1. The zero-order valence-corrected chi connectivity index (χ0v) is 15.9. The summed E-state index contributed by atoms with van der Waals surface area (Å²) < 4.78 is 0.951. The minimum Gasteiger partial charge on any atom is -0.317 e. The Morgan fingerprint density at radius 3 is 2.52 bits per heavy atom. The highest BCUT2D eigenvalue weighted by atomic mass is 79.9. The van der Waals surface area contributed by atoms with Gasteiger partial charge in [0.1, 0.15) is 0 Å². The van der Waals surface area contributed by atoms with Crippen LogP contribution in [0.25, 0.3) is 6.08 Å². The number of hydrogen-bond acceptors (Lipinski definition) is 3. The Morgan fingerprint density at radius 2 is 1.91 bits per heavy atom. The molecule has 1 aliphatic heterocycles. The molecule has 4 nitrogen and oxygen atoms in total. The molecule has 0 spiro atoms. The molecule has 1 heterocycles. The van der Waals surface area contributed by atoms with Crippen LogP contribution < -0.4 is 4.90 Å². The number of amides is 2. The van der Waals surface area contributed by atoms with Crippen LogP contribution in [0, 0.1) is 0 Å². The average molecular weight is 398 g/mol. The molecule has 1 aromatic carbocycles. The van der Waals surface area contributed by atoms with E-state index < -0.39 is 0 Å². The van der Waals surface area contributed by atoms with Crippen LogP contribution in [0.1, 0.15) is 32.3 Å². The molecule has 0 aromatic heterocycles. The molecule has 124 valence electrons. The number of imide groups is 1. The van der Waals surface area contributed by atoms with Gasteiger partial charge in [0.05, 0.1) is 18.0 Å². The number of nitrogens with one attached hydrogen (secondary N) is 1. The number of quaternary nitrogens is 1. The van der Waals surface area contributed by atoms with Crippen LogP contribution in [0.5, 0.6) is 0 Å². The van der Waals surface area contributed by atoms with E-state index in [0.29, 0.717) is 11.6 Å². The SMILES string of the molecule is CCC[NH+](CCC)CN1C(=O)S/C(=C/c2cccc(Br)c2)C1=O. The fraction of sp³-hybridized carbons (Fsp3) is 0.412. The molecule has 0 radical (unpaired) electrons. The number of nitrogens with zero attached hydrogens (tertiary/aromatic N) is 1. The number of carbonyl (C=O) groups is 2. The lowest BCUT2D eigenvalue weighted by molar-refractivity contribution is -0.907. The topological polar surface area (TPSA) is 41.8 Å². The molecule has 2 rings (SSSR count). The van der Waals surface area contributed by atoms with Crippen molar-refractivity contribution >= 4 is 44.9 Å². The van der Waals surface area contributed by atoms with Gasteiger partial charge >= 0.3 is 0 Å². The van der Waals surface area contributed by atoms with Crippen LogP contribution in [0.15, 0.2) is 33.6 Å². The smallest absolute Gasteiger partial charge is 0.298 e. The number of benzene rings is 1. The minimum atomic E-state index is -0.176. The maximum atomic E-state index is 12.5. The molecule has 0 bridgehead atoms. The summed E-state index contributed by atoms with van der Waals surface area (Å²) in [5.74, 6) is -0.176. The maximum absolute atomic E-state index is 12.5. The highest BCUT2D eigenvalue weighted by Crippen LogP contribution is 2.31. The Morgan fingerprint density at radius 1 is 1.22 bits per heavy atom. The van der Waals surface area contributed by atoms with Crippen LogP contribution >= 0.6 is 27.7 Å². The first-order valence-corrected chi connectivity index (χ1v) is 9.50. The molecular formula is C17H22BrN2O2S+. The molecule has 1 saturated heterocycles. The molecule has 0 aliphatic carbocycles. The van der Waals surface area contributed by atoms with Gasteiger partial charge in [-0.25, -0.2) is 4.90 Å². The van der Waals surface area contributed by atoms with Gasteiger partial charge in [-0.1, -0.05) is 41.9 Å². The molecule has 0 atom stereocenters. The Hall–Kier alpha value is -1.11. The summed E-state index contributed by atoms with van der Waals surface area (Å²) >= 11 is 4.45. The summed E-state index contributed by atoms with van der Waals surface area (Å²) in [7, 11) is 0. The van der Waals surface area contributed by atoms with Crippen molar-refractivity contribution in [2.75, 3.05) is 19.8 Å². The maximum Gasteiger partial charge on any atom is 0.298 e. The zero-order valence-electron chi connectivity index (χ0n) is 13.5. The monoisotopic (exact) mass is 397 g/mol. The lowest BCUT2D eigenvalue weighted by atomic mass is 10.2. The fourth-order valence-electron chi connectivity index (χ4n) is 2.60. The Balaban J connectivity index is 2.13. The third-order valence-corrected chi connectivity index (χ3v) is 5.01. The Bertz CT molecular complexity index is 612. The van der Waals surface area contributed by atoms with E-state index in [1.54, 1.807) is 6.08 Å². The van der Waals surface area contributed by atoms with Gasteiger partial charge in [0.2, 0.25) is 0 Å². The molecule has 2 amide bonds. The lowest BCUT2D eigenvalue weighted by Gasteiger charge is -2.22. The fourth-order valence-corrected chi connectivity index (χ4v) is 3.85. The van der Waals surface area contributed by atoms with Gasteiger partial charge in [-0.15, -0.1) is 0 Å². The van der Waals surface area contributed by atoms with Crippen molar-refractivity contribution in [1.82, 2.24) is 4.90 Å². The van der Waals surface area contributed by atoms with E-state index in [4.69, 9.17) is 0 Å². The Labute approximate surface area is 150 Å². The van der Waals surface area contributed by atoms with E-state index in [9.17, 15) is 9.59 Å². The van der Waals surface area contributed by atoms with E-state index in [1.165, 1.54) is 9.80 Å². The first kappa shape index (κ1) is 18.2. The van der Waals surface area contributed by atoms with Crippen molar-refractivity contribution in [3.05, 3.63) is 39.2 Å². The second-order valence-electron chi connectivity index (χ2n) is 5.57. The van der Waals surface area contributed by atoms with Crippen LogP contribution in [0.3, 0.4) is 0 Å². The summed E-state index contributed by atoms with van der Waals surface area (Å²) in [6.07, 6.45) is 3.87. The highest BCUT2D eigenvalue weighted by molar-refractivity contribution is 9.10. The minimum absolute atomic E-state index is 0.166. The summed E-state index contributed by atoms with van der Waals surface area (Å²) in [4.78, 5) is 27.9. The van der Waals surface area contributed by atoms with E-state index in [0.717, 1.165) is 47.7 Å². The molecule has 0 unspecified atom stereocenters. The van der Waals surface area contributed by atoms with Gasteiger partial charge in [-0.2, -0.15) is 0 Å². The van der Waals surface area contributed by atoms with E-state index in [2.05, 4.69) is 29.8 Å². The quantitative estimate of drug-likeness (QED) is 0.718. The average Bonchev–Trinajstić information content (AvgIpc) is 2.75. The largest absolute Gasteiger partial charge is 0.317 e. The molecule has 1 fully saturated rings. The third-order valence-electron chi connectivity index (χ3n) is 3.61. The van der Waals surface area contributed by atoms with Gasteiger partial charge in [-0.05, 0) is 48.4 Å². The highest BCUT2D eigenvalue weighted by Gasteiger charge is 2.37. The number of hydrogen-bond donors (Lipinski definition) is 1. The molecule has 6 heteroatoms. The Kier molecular flexibility index (Phi) is 6.87. The summed E-state index contributed by atoms with van der Waals surface area (Å²) in [6, 6.07) is 7.69. The zero-order chi connectivity index (χ0) is 16.8. The predicted octanol–water partition coefficient (Wildman–Crippen LogP) is 3.15. The summed E-state index contributed by atoms with van der Waals surface area (Å²) in [5, 5.41) is -0.166. The van der Waals surface area contributed by atoms with Crippen molar-refractivity contribution in [3.8, 4) is 0 Å².